The van der Waals surface area contributed by atoms with E-state index in [0.717, 1.165) is 30.2 Å². The lowest BCUT2D eigenvalue weighted by Crippen LogP contribution is -2.44. The second-order valence-electron chi connectivity index (χ2n) is 8.30. The Bertz CT molecular complexity index is 1050. The topological polar surface area (TPSA) is 66.9 Å². The molecule has 2 aliphatic rings. The summed E-state index contributed by atoms with van der Waals surface area (Å²) >= 11 is 0. The Balaban J connectivity index is 1.41. The zero-order chi connectivity index (χ0) is 22.7. The number of rotatable bonds is 6. The number of nitrogens with zero attached hydrogens (tertiary/aromatic N) is 2. The maximum atomic E-state index is 14.0. The molecule has 2 aromatic rings. The number of piperidine rings is 1. The number of sulfonamides is 1. The van der Waals surface area contributed by atoms with Crippen LogP contribution < -0.4 is 4.74 Å². The van der Waals surface area contributed by atoms with Crippen LogP contribution in [0.2, 0.25) is 0 Å². The minimum atomic E-state index is -3.90. The van der Waals surface area contributed by atoms with Crippen molar-refractivity contribution in [2.45, 2.75) is 43.5 Å². The van der Waals surface area contributed by atoms with Crippen molar-refractivity contribution in [1.29, 1.82) is 0 Å². The van der Waals surface area contributed by atoms with Crippen LogP contribution in [-0.4, -0.2) is 49.8 Å². The van der Waals surface area contributed by atoms with Crippen LogP contribution in [0.25, 0.3) is 0 Å². The van der Waals surface area contributed by atoms with E-state index >= 15 is 0 Å². The standard InChI is InChI=1S/C24H29FN2O4S/c1-2-31-20-11-9-18(10-12-20)22-7-5-15-27(22)24(28)19-13-16-26(17-14-19)32(29,30)23-8-4-3-6-21(23)25/h3-4,6,8-12,19,22H,2,5,7,13-17H2,1H3. The summed E-state index contributed by atoms with van der Waals surface area (Å²) in [5.74, 6) is -0.0637. The van der Waals surface area contributed by atoms with Crippen molar-refractivity contribution in [2.24, 2.45) is 5.92 Å². The third-order valence-electron chi connectivity index (χ3n) is 6.37. The van der Waals surface area contributed by atoms with Crippen molar-refractivity contribution in [3.63, 3.8) is 0 Å². The smallest absolute Gasteiger partial charge is 0.245 e. The molecule has 0 saturated carbocycles. The van der Waals surface area contributed by atoms with E-state index in [1.807, 2.05) is 36.1 Å². The van der Waals surface area contributed by atoms with Gasteiger partial charge in [-0.05, 0) is 62.4 Å². The van der Waals surface area contributed by atoms with Gasteiger partial charge in [-0.3, -0.25) is 4.79 Å². The van der Waals surface area contributed by atoms with Gasteiger partial charge in [0.25, 0.3) is 0 Å². The van der Waals surface area contributed by atoms with Gasteiger partial charge < -0.3 is 9.64 Å². The van der Waals surface area contributed by atoms with Crippen molar-refractivity contribution in [2.75, 3.05) is 26.2 Å². The summed E-state index contributed by atoms with van der Waals surface area (Å²) in [6.07, 6.45) is 2.75. The molecule has 1 amide bonds. The number of hydrogen-bond acceptors (Lipinski definition) is 4. The zero-order valence-electron chi connectivity index (χ0n) is 18.2. The van der Waals surface area contributed by atoms with Crippen molar-refractivity contribution < 1.29 is 22.3 Å². The highest BCUT2D eigenvalue weighted by Gasteiger charge is 2.38. The third kappa shape index (κ3) is 4.52. The molecule has 2 aromatic carbocycles. The van der Waals surface area contributed by atoms with E-state index < -0.39 is 15.8 Å². The number of amides is 1. The molecule has 8 heteroatoms. The molecular weight excluding hydrogens is 431 g/mol. The predicted octanol–water partition coefficient (Wildman–Crippen LogP) is 3.99. The molecule has 32 heavy (non-hydrogen) atoms. The second kappa shape index (κ2) is 9.58. The minimum absolute atomic E-state index is 0.0401. The summed E-state index contributed by atoms with van der Waals surface area (Å²) in [6.45, 7) is 3.70. The summed E-state index contributed by atoms with van der Waals surface area (Å²) in [6, 6.07) is 13.4. The first kappa shape index (κ1) is 22.7. The van der Waals surface area contributed by atoms with Gasteiger partial charge in [0, 0.05) is 25.6 Å². The number of halogens is 1. The molecule has 0 bridgehead atoms. The van der Waals surface area contributed by atoms with Crippen molar-refractivity contribution in [1.82, 2.24) is 9.21 Å². The summed E-state index contributed by atoms with van der Waals surface area (Å²) < 4.78 is 46.5. The molecule has 2 saturated heterocycles. The van der Waals surface area contributed by atoms with Gasteiger partial charge in [0.2, 0.25) is 15.9 Å². The Morgan fingerprint density at radius 3 is 2.38 bits per heavy atom. The lowest BCUT2D eigenvalue weighted by molar-refractivity contribution is -0.137. The fourth-order valence-electron chi connectivity index (χ4n) is 4.70. The summed E-state index contributed by atoms with van der Waals surface area (Å²) in [5, 5.41) is 0. The summed E-state index contributed by atoms with van der Waals surface area (Å²) in [5.41, 5.74) is 1.10. The number of carbonyl (C=O) groups excluding carboxylic acids is 1. The van der Waals surface area contributed by atoms with Crippen molar-refractivity contribution in [3.05, 3.63) is 59.9 Å². The molecule has 6 nitrogen and oxygen atoms in total. The number of likely N-dealkylation sites (tertiary alicyclic amines) is 1. The monoisotopic (exact) mass is 460 g/mol. The third-order valence-corrected chi connectivity index (χ3v) is 8.30. The fourth-order valence-corrected chi connectivity index (χ4v) is 6.24. The van der Waals surface area contributed by atoms with Crippen LogP contribution in [0.1, 0.15) is 44.2 Å². The fraction of sp³-hybridized carbons (Fsp3) is 0.458. The number of ether oxygens (including phenoxy) is 1. The van der Waals surface area contributed by atoms with Gasteiger partial charge in [0.1, 0.15) is 16.5 Å². The van der Waals surface area contributed by atoms with Crippen LogP contribution in [-0.2, 0) is 14.8 Å². The van der Waals surface area contributed by atoms with Crippen LogP contribution in [0.4, 0.5) is 4.39 Å². The van der Waals surface area contributed by atoms with Crippen LogP contribution in [0.5, 0.6) is 5.75 Å². The van der Waals surface area contributed by atoms with E-state index in [9.17, 15) is 17.6 Å². The van der Waals surface area contributed by atoms with Crippen molar-refractivity contribution in [3.8, 4) is 5.75 Å². The summed E-state index contributed by atoms with van der Waals surface area (Å²) in [4.78, 5) is 14.9. The quantitative estimate of drug-likeness (QED) is 0.654. The van der Waals surface area contributed by atoms with Gasteiger partial charge in [-0.15, -0.1) is 0 Å². The van der Waals surface area contributed by atoms with E-state index in [-0.39, 0.29) is 35.9 Å². The van der Waals surface area contributed by atoms with Crippen LogP contribution >= 0.6 is 0 Å². The van der Waals surface area contributed by atoms with Crippen molar-refractivity contribution >= 4 is 15.9 Å². The molecule has 2 fully saturated rings. The highest BCUT2D eigenvalue weighted by molar-refractivity contribution is 7.89. The first-order chi connectivity index (χ1) is 15.4. The Morgan fingerprint density at radius 1 is 1.03 bits per heavy atom. The van der Waals surface area contributed by atoms with Gasteiger partial charge in [-0.2, -0.15) is 4.31 Å². The van der Waals surface area contributed by atoms with Gasteiger partial charge in [0.15, 0.2) is 0 Å². The molecular formula is C24H29FN2O4S. The first-order valence-corrected chi connectivity index (χ1v) is 12.6. The number of carbonyl (C=O) groups is 1. The Labute approximate surface area is 189 Å². The Morgan fingerprint density at radius 2 is 1.72 bits per heavy atom. The van der Waals surface area contributed by atoms with E-state index in [1.54, 1.807) is 0 Å². The Hall–Kier alpha value is -2.45. The first-order valence-electron chi connectivity index (χ1n) is 11.2. The lowest BCUT2D eigenvalue weighted by atomic mass is 9.95. The normalized spacial score (nSPS) is 20.4. The van der Waals surface area contributed by atoms with Crippen LogP contribution in [0, 0.1) is 11.7 Å². The molecule has 0 radical (unpaired) electrons. The van der Waals surface area contributed by atoms with Crippen LogP contribution in [0.15, 0.2) is 53.4 Å². The van der Waals surface area contributed by atoms with Gasteiger partial charge in [0.05, 0.1) is 12.6 Å². The molecule has 2 aliphatic heterocycles. The maximum absolute atomic E-state index is 14.0. The SMILES string of the molecule is CCOc1ccc(C2CCCN2C(=O)C2CCN(S(=O)(=O)c3ccccc3F)CC2)cc1. The number of benzene rings is 2. The molecule has 2 heterocycles. The maximum Gasteiger partial charge on any atom is 0.245 e. The molecule has 0 aliphatic carbocycles. The molecule has 0 spiro atoms. The second-order valence-corrected chi connectivity index (χ2v) is 10.2. The average Bonchev–Trinajstić information content (AvgIpc) is 3.29. The van der Waals surface area contributed by atoms with E-state index in [1.165, 1.54) is 22.5 Å². The largest absolute Gasteiger partial charge is 0.494 e. The molecule has 1 atom stereocenters. The molecule has 1 unspecified atom stereocenters. The Kier molecular flexibility index (Phi) is 6.81. The van der Waals surface area contributed by atoms with E-state index in [0.29, 0.717) is 26.0 Å². The van der Waals surface area contributed by atoms with Gasteiger partial charge in [-0.1, -0.05) is 24.3 Å². The zero-order valence-corrected chi connectivity index (χ0v) is 19.1. The molecule has 172 valence electrons. The predicted molar refractivity (Wildman–Crippen MR) is 119 cm³/mol. The summed E-state index contributed by atoms with van der Waals surface area (Å²) in [7, 11) is -3.90. The molecule has 4 rings (SSSR count). The highest BCUT2D eigenvalue weighted by atomic mass is 32.2. The van der Waals surface area contributed by atoms with E-state index in [2.05, 4.69) is 0 Å². The van der Waals surface area contributed by atoms with Gasteiger partial charge >= 0.3 is 0 Å². The van der Waals surface area contributed by atoms with Gasteiger partial charge in [-0.25, -0.2) is 12.8 Å². The highest BCUT2D eigenvalue weighted by Crippen LogP contribution is 2.36. The average molecular weight is 461 g/mol. The minimum Gasteiger partial charge on any atom is -0.494 e. The molecule has 0 aromatic heterocycles. The van der Waals surface area contributed by atoms with Crippen LogP contribution in [0.3, 0.4) is 0 Å². The number of hydrogen-bond donors (Lipinski definition) is 0. The molecule has 0 N–H and O–H groups in total. The lowest BCUT2D eigenvalue weighted by Gasteiger charge is -2.34. The van der Waals surface area contributed by atoms with E-state index in [4.69, 9.17) is 4.74 Å².